The first kappa shape index (κ1) is 24.6. The highest BCUT2D eigenvalue weighted by molar-refractivity contribution is 5.32. The molecule has 0 aromatic heterocycles. The molecule has 0 aliphatic heterocycles. The molecule has 0 amide bonds. The highest BCUT2D eigenvalue weighted by Crippen LogP contribution is 2.35. The molecule has 3 aromatic carbocycles. The predicted molar refractivity (Wildman–Crippen MR) is 121 cm³/mol. The third-order valence-electron chi connectivity index (χ3n) is 5.37. The van der Waals surface area contributed by atoms with E-state index in [9.17, 15) is 17.6 Å². The largest absolute Gasteiger partial charge is 0.429 e. The van der Waals surface area contributed by atoms with Gasteiger partial charge in [-0.05, 0) is 78.9 Å². The van der Waals surface area contributed by atoms with Gasteiger partial charge in [0.1, 0.15) is 11.5 Å². The number of ether oxygens (including phenoxy) is 2. The summed E-state index contributed by atoms with van der Waals surface area (Å²) in [6, 6.07) is 16.5. The number of halogens is 4. The van der Waals surface area contributed by atoms with Crippen LogP contribution in [-0.4, -0.2) is 0 Å². The fraction of sp³-hybridized carbons (Fsp3) is 0.333. The van der Waals surface area contributed by atoms with Crippen LogP contribution in [-0.2, 0) is 25.1 Å². The first-order chi connectivity index (χ1) is 15.7. The van der Waals surface area contributed by atoms with Gasteiger partial charge in [0, 0.05) is 0 Å². The van der Waals surface area contributed by atoms with Crippen LogP contribution in [0.5, 0.6) is 11.5 Å². The average molecular weight is 461 g/mol. The van der Waals surface area contributed by atoms with Crippen LogP contribution < -0.4 is 9.47 Å². The third kappa shape index (κ3) is 6.73. The molecule has 6 heteroatoms. The molecular weight excluding hydrogens is 432 g/mol. The molecule has 0 saturated carbocycles. The van der Waals surface area contributed by atoms with Gasteiger partial charge < -0.3 is 9.47 Å². The van der Waals surface area contributed by atoms with E-state index in [4.69, 9.17) is 9.47 Å². The normalized spacial score (nSPS) is 11.9. The van der Waals surface area contributed by atoms with Gasteiger partial charge in [-0.1, -0.05) is 51.0 Å². The van der Waals surface area contributed by atoms with Gasteiger partial charge >= 0.3 is 12.2 Å². The summed E-state index contributed by atoms with van der Waals surface area (Å²) in [4.78, 5) is 0. The topological polar surface area (TPSA) is 18.5 Å². The number of alkyl halides is 4. The zero-order valence-corrected chi connectivity index (χ0v) is 18.8. The van der Waals surface area contributed by atoms with Crippen LogP contribution in [0.15, 0.2) is 72.8 Å². The van der Waals surface area contributed by atoms with Crippen molar-refractivity contribution in [3.05, 3.63) is 95.1 Å². The van der Waals surface area contributed by atoms with Gasteiger partial charge in [-0.2, -0.15) is 17.6 Å². The van der Waals surface area contributed by atoms with Crippen molar-refractivity contribution in [2.45, 2.75) is 58.2 Å². The van der Waals surface area contributed by atoms with Crippen molar-refractivity contribution in [1.29, 1.82) is 0 Å². The van der Waals surface area contributed by atoms with E-state index in [2.05, 4.69) is 6.92 Å². The Morgan fingerprint density at radius 2 is 1.00 bits per heavy atom. The second-order valence-electron chi connectivity index (χ2n) is 7.91. The van der Waals surface area contributed by atoms with Gasteiger partial charge in [-0.3, -0.25) is 0 Å². The maximum Gasteiger partial charge on any atom is 0.426 e. The quantitative estimate of drug-likeness (QED) is 0.212. The second kappa shape index (κ2) is 10.7. The SMILES string of the molecule is CCCCCc1ccc(OC(F)(F)c2ccc(C(F)(F)Oc3ccc(CC)cc3)cc2)cc1. The number of benzene rings is 3. The second-order valence-corrected chi connectivity index (χ2v) is 7.91. The number of unbranched alkanes of at least 4 members (excludes halogenated alkanes) is 2. The van der Waals surface area contributed by atoms with Gasteiger partial charge in [0.25, 0.3) is 0 Å². The molecule has 3 aromatic rings. The Morgan fingerprint density at radius 3 is 1.39 bits per heavy atom. The molecule has 0 saturated heterocycles. The molecule has 0 aliphatic rings. The summed E-state index contributed by atoms with van der Waals surface area (Å²) in [5.41, 5.74) is 0.984. The van der Waals surface area contributed by atoms with Gasteiger partial charge in [-0.15, -0.1) is 0 Å². The Kier molecular flexibility index (Phi) is 8.01. The van der Waals surface area contributed by atoms with Crippen LogP contribution in [0.4, 0.5) is 17.6 Å². The van der Waals surface area contributed by atoms with E-state index >= 15 is 0 Å². The minimum absolute atomic E-state index is 0.00641. The van der Waals surface area contributed by atoms with Crippen molar-refractivity contribution >= 4 is 0 Å². The molecule has 3 rings (SSSR count). The van der Waals surface area contributed by atoms with Crippen LogP contribution in [0.1, 0.15) is 55.4 Å². The van der Waals surface area contributed by atoms with Crippen molar-refractivity contribution in [3.63, 3.8) is 0 Å². The molecule has 0 bridgehead atoms. The molecular formula is C27H28F4O2. The lowest BCUT2D eigenvalue weighted by atomic mass is 10.1. The van der Waals surface area contributed by atoms with Crippen LogP contribution in [0.2, 0.25) is 0 Å². The Hall–Kier alpha value is -3.02. The van der Waals surface area contributed by atoms with Crippen molar-refractivity contribution in [2.75, 3.05) is 0 Å². The van der Waals surface area contributed by atoms with Crippen LogP contribution in [0.3, 0.4) is 0 Å². The molecule has 0 atom stereocenters. The Morgan fingerprint density at radius 1 is 0.576 bits per heavy atom. The summed E-state index contributed by atoms with van der Waals surface area (Å²) < 4.78 is 67.9. The number of aryl methyl sites for hydroxylation is 2. The Labute approximate surface area is 192 Å². The van der Waals surface area contributed by atoms with E-state index in [0.717, 1.165) is 67.5 Å². The van der Waals surface area contributed by atoms with E-state index in [-0.39, 0.29) is 11.5 Å². The minimum atomic E-state index is -3.67. The molecule has 0 spiro atoms. The molecule has 176 valence electrons. The zero-order chi connectivity index (χ0) is 23.9. The average Bonchev–Trinajstić information content (AvgIpc) is 2.80. The van der Waals surface area contributed by atoms with E-state index in [1.807, 2.05) is 6.92 Å². The summed E-state index contributed by atoms with van der Waals surface area (Å²) in [5.74, 6) is 0.000545. The fourth-order valence-corrected chi connectivity index (χ4v) is 3.37. The highest BCUT2D eigenvalue weighted by atomic mass is 19.3. The summed E-state index contributed by atoms with van der Waals surface area (Å²) >= 11 is 0. The Bertz CT molecular complexity index is 998. The van der Waals surface area contributed by atoms with Crippen molar-refractivity contribution in [1.82, 2.24) is 0 Å². The monoisotopic (exact) mass is 460 g/mol. The summed E-state index contributed by atoms with van der Waals surface area (Å²) in [6.07, 6.45) is -2.43. The minimum Gasteiger partial charge on any atom is -0.429 e. The molecule has 0 heterocycles. The molecule has 0 N–H and O–H groups in total. The lowest BCUT2D eigenvalue weighted by Crippen LogP contribution is -2.24. The van der Waals surface area contributed by atoms with Gasteiger partial charge in [0.05, 0.1) is 11.1 Å². The first-order valence-electron chi connectivity index (χ1n) is 11.2. The van der Waals surface area contributed by atoms with Crippen molar-refractivity contribution in [2.24, 2.45) is 0 Å². The predicted octanol–water partition coefficient (Wildman–Crippen LogP) is 8.24. The zero-order valence-electron chi connectivity index (χ0n) is 18.8. The maximum absolute atomic E-state index is 14.6. The Balaban J connectivity index is 1.65. The first-order valence-corrected chi connectivity index (χ1v) is 11.2. The van der Waals surface area contributed by atoms with Crippen LogP contribution >= 0.6 is 0 Å². The lowest BCUT2D eigenvalue weighted by molar-refractivity contribution is -0.188. The molecule has 0 fully saturated rings. The highest BCUT2D eigenvalue weighted by Gasteiger charge is 2.38. The van der Waals surface area contributed by atoms with Crippen molar-refractivity contribution < 1.29 is 27.0 Å². The molecule has 0 radical (unpaired) electrons. The van der Waals surface area contributed by atoms with Crippen LogP contribution in [0.25, 0.3) is 0 Å². The van der Waals surface area contributed by atoms with Crippen molar-refractivity contribution in [3.8, 4) is 11.5 Å². The summed E-state index contributed by atoms with van der Waals surface area (Å²) in [7, 11) is 0. The molecule has 0 aliphatic carbocycles. The van der Waals surface area contributed by atoms with E-state index in [0.29, 0.717) is 0 Å². The molecule has 0 unspecified atom stereocenters. The number of rotatable bonds is 11. The van der Waals surface area contributed by atoms with Gasteiger partial charge in [-0.25, -0.2) is 0 Å². The van der Waals surface area contributed by atoms with Gasteiger partial charge in [0.2, 0.25) is 0 Å². The molecule has 33 heavy (non-hydrogen) atoms. The van der Waals surface area contributed by atoms with E-state index in [1.54, 1.807) is 24.3 Å². The summed E-state index contributed by atoms with van der Waals surface area (Å²) in [6.45, 7) is 4.07. The standard InChI is InChI=1S/C27H28F4O2/c1-3-5-6-7-21-10-18-25(19-11-21)33-27(30,31)23-14-12-22(13-15-23)26(28,29)32-24-16-8-20(4-2)9-17-24/h8-19H,3-7H2,1-2H3. The number of hydrogen-bond acceptors (Lipinski definition) is 2. The number of hydrogen-bond donors (Lipinski definition) is 0. The van der Waals surface area contributed by atoms with Crippen LogP contribution in [0, 0.1) is 0 Å². The molecule has 2 nitrogen and oxygen atoms in total. The third-order valence-corrected chi connectivity index (χ3v) is 5.37. The lowest BCUT2D eigenvalue weighted by Gasteiger charge is -2.21. The smallest absolute Gasteiger partial charge is 0.426 e. The maximum atomic E-state index is 14.6. The summed E-state index contributed by atoms with van der Waals surface area (Å²) in [5, 5.41) is 0. The fourth-order valence-electron chi connectivity index (χ4n) is 3.37. The van der Waals surface area contributed by atoms with E-state index in [1.165, 1.54) is 24.3 Å². The van der Waals surface area contributed by atoms with E-state index < -0.39 is 23.3 Å². The van der Waals surface area contributed by atoms with Gasteiger partial charge in [0.15, 0.2) is 0 Å².